The van der Waals surface area contributed by atoms with E-state index in [0.717, 1.165) is 12.1 Å². The molecule has 0 radical (unpaired) electrons. The average molecular weight is 587 g/mol. The van der Waals surface area contributed by atoms with Crippen molar-refractivity contribution in [2.24, 2.45) is 5.10 Å². The number of methoxy groups -OCH3 is 3. The summed E-state index contributed by atoms with van der Waals surface area (Å²) in [7, 11) is -0.741. The van der Waals surface area contributed by atoms with Crippen LogP contribution in [0.15, 0.2) is 76.7 Å². The van der Waals surface area contributed by atoms with E-state index >= 15 is 0 Å². The zero-order valence-corrected chi connectivity index (χ0v) is 23.0. The van der Waals surface area contributed by atoms with Gasteiger partial charge in [0.25, 0.3) is 21.6 Å². The van der Waals surface area contributed by atoms with Gasteiger partial charge in [-0.2, -0.15) is 5.10 Å². The molecule has 1 N–H and O–H groups in total. The molecular weight excluding hydrogens is 560 g/mol. The molecule has 0 aromatic heterocycles. The number of carbonyl (C=O) groups excluding carboxylic acids is 2. The Kier molecular flexibility index (Phi) is 10.2. The topological polar surface area (TPSA) is 176 Å². The van der Waals surface area contributed by atoms with Crippen molar-refractivity contribution in [2.45, 2.75) is 4.90 Å². The van der Waals surface area contributed by atoms with Gasteiger partial charge >= 0.3 is 5.97 Å². The number of para-hydroxylation sites is 1. The van der Waals surface area contributed by atoms with Crippen LogP contribution < -0.4 is 23.9 Å². The minimum atomic E-state index is -4.67. The molecule has 0 fully saturated rings. The molecule has 0 atom stereocenters. The molecule has 216 valence electrons. The number of nitrogens with one attached hydrogen (secondary N) is 1. The fraction of sp³-hybridized carbons (Fsp3) is 0.192. The van der Waals surface area contributed by atoms with Gasteiger partial charge in [-0.15, -0.1) is 0 Å². The third-order valence-electron chi connectivity index (χ3n) is 5.42. The highest BCUT2D eigenvalue weighted by atomic mass is 32.2. The molecule has 14 nitrogen and oxygen atoms in total. The first-order valence-electron chi connectivity index (χ1n) is 11.7. The number of anilines is 1. The monoisotopic (exact) mass is 586 g/mol. The van der Waals surface area contributed by atoms with Gasteiger partial charge in [0, 0.05) is 12.1 Å². The number of sulfonamides is 1. The van der Waals surface area contributed by atoms with Crippen molar-refractivity contribution in [3.63, 3.8) is 0 Å². The van der Waals surface area contributed by atoms with Crippen LogP contribution >= 0.6 is 0 Å². The Bertz CT molecular complexity index is 1560. The molecule has 15 heteroatoms. The predicted molar refractivity (Wildman–Crippen MR) is 147 cm³/mol. The average Bonchev–Trinajstić information content (AvgIpc) is 2.98. The van der Waals surface area contributed by atoms with E-state index in [1.807, 2.05) is 0 Å². The molecule has 0 unspecified atom stereocenters. The van der Waals surface area contributed by atoms with Crippen molar-refractivity contribution >= 4 is 39.5 Å². The second-order valence-electron chi connectivity index (χ2n) is 8.00. The van der Waals surface area contributed by atoms with Crippen molar-refractivity contribution in [1.82, 2.24) is 5.43 Å². The number of nitro groups is 1. The number of hydrogen-bond donors (Lipinski definition) is 1. The summed E-state index contributed by atoms with van der Waals surface area (Å²) in [6.45, 7) is -1.11. The molecule has 3 aromatic carbocycles. The summed E-state index contributed by atoms with van der Waals surface area (Å²) in [5.41, 5.74) is 2.00. The van der Waals surface area contributed by atoms with Gasteiger partial charge < -0.3 is 18.9 Å². The Morgan fingerprint density at radius 2 is 1.76 bits per heavy atom. The van der Waals surface area contributed by atoms with Crippen molar-refractivity contribution < 1.29 is 41.9 Å². The lowest BCUT2D eigenvalue weighted by Gasteiger charge is -2.25. The fourth-order valence-electron chi connectivity index (χ4n) is 3.47. The van der Waals surface area contributed by atoms with Crippen LogP contribution in [0.2, 0.25) is 0 Å². The third-order valence-corrected chi connectivity index (χ3v) is 7.23. The first-order chi connectivity index (χ1) is 19.6. The zero-order chi connectivity index (χ0) is 30.0. The number of amides is 1. The van der Waals surface area contributed by atoms with Crippen LogP contribution in [0, 0.1) is 10.1 Å². The van der Waals surface area contributed by atoms with Gasteiger partial charge in [0.15, 0.2) is 11.5 Å². The highest BCUT2D eigenvalue weighted by Crippen LogP contribution is 2.37. The molecule has 3 aromatic rings. The first kappa shape index (κ1) is 30.4. The highest BCUT2D eigenvalue weighted by Gasteiger charge is 2.34. The molecule has 0 heterocycles. The predicted octanol–water partition coefficient (Wildman–Crippen LogP) is 2.51. The Morgan fingerprint density at radius 3 is 2.44 bits per heavy atom. The van der Waals surface area contributed by atoms with E-state index < -0.39 is 44.0 Å². The third kappa shape index (κ3) is 7.69. The summed E-state index contributed by atoms with van der Waals surface area (Å²) in [5, 5.41) is 15.5. The van der Waals surface area contributed by atoms with E-state index in [4.69, 9.17) is 14.2 Å². The molecule has 1 amide bonds. The van der Waals surface area contributed by atoms with Gasteiger partial charge in [0.2, 0.25) is 0 Å². The molecule has 0 aliphatic rings. The number of nitrogens with zero attached hydrogens (tertiary/aromatic N) is 3. The van der Waals surface area contributed by atoms with E-state index in [0.29, 0.717) is 21.4 Å². The van der Waals surface area contributed by atoms with Crippen LogP contribution in [-0.2, 0) is 24.3 Å². The first-order valence-corrected chi connectivity index (χ1v) is 13.1. The van der Waals surface area contributed by atoms with Gasteiger partial charge in [0.05, 0.1) is 38.2 Å². The number of carbonyl (C=O) groups is 2. The highest BCUT2D eigenvalue weighted by molar-refractivity contribution is 7.93. The Balaban J connectivity index is 1.90. The van der Waals surface area contributed by atoms with Crippen LogP contribution in [-0.4, -0.2) is 65.9 Å². The van der Waals surface area contributed by atoms with Crippen LogP contribution in [0.1, 0.15) is 5.56 Å². The number of ether oxygens (including phenoxy) is 4. The Labute approximate surface area is 235 Å². The normalized spacial score (nSPS) is 11.0. The lowest BCUT2D eigenvalue weighted by Crippen LogP contribution is -2.40. The van der Waals surface area contributed by atoms with Crippen LogP contribution in [0.25, 0.3) is 0 Å². The summed E-state index contributed by atoms with van der Waals surface area (Å²) < 4.78 is 48.5. The smallest absolute Gasteiger partial charge is 0.343 e. The summed E-state index contributed by atoms with van der Waals surface area (Å²) >= 11 is 0. The Morgan fingerprint density at radius 1 is 1.00 bits per heavy atom. The number of hydrogen-bond acceptors (Lipinski definition) is 11. The maximum absolute atomic E-state index is 13.7. The standard InChI is InChI=1S/C26H26N4O10S/c1-37-19-11-12-21(23(14-19)38-2)29(41(35,36)24-10-5-4-9-22(24)30(33)34)16-25(31)28-27-15-18-7-6-8-20(13-18)40-17-26(32)39-3/h4-15H,16-17H2,1-3H3,(H,28,31)/b27-15-. The number of nitro benzene ring substituents is 1. The van der Waals surface area contributed by atoms with Crippen LogP contribution in [0.5, 0.6) is 17.2 Å². The molecule has 3 rings (SSSR count). The van der Waals surface area contributed by atoms with E-state index in [-0.39, 0.29) is 18.0 Å². The van der Waals surface area contributed by atoms with E-state index in [9.17, 15) is 28.1 Å². The van der Waals surface area contributed by atoms with Gasteiger partial charge in [-0.3, -0.25) is 19.2 Å². The Hall–Kier alpha value is -5.18. The number of rotatable bonds is 13. The fourth-order valence-corrected chi connectivity index (χ4v) is 5.06. The minimum absolute atomic E-state index is 0.0339. The van der Waals surface area contributed by atoms with Crippen molar-refractivity contribution in [1.29, 1.82) is 0 Å². The lowest BCUT2D eigenvalue weighted by molar-refractivity contribution is -0.387. The molecule has 0 spiro atoms. The van der Waals surface area contributed by atoms with E-state index in [1.165, 1.54) is 57.9 Å². The van der Waals surface area contributed by atoms with Gasteiger partial charge in [-0.1, -0.05) is 24.3 Å². The summed E-state index contributed by atoms with van der Waals surface area (Å²) in [6, 6.07) is 15.4. The van der Waals surface area contributed by atoms with E-state index in [2.05, 4.69) is 15.3 Å². The van der Waals surface area contributed by atoms with Crippen molar-refractivity contribution in [2.75, 3.05) is 38.8 Å². The SMILES string of the molecule is COC(=O)COc1cccc(/C=N\NC(=O)CN(c2ccc(OC)cc2OC)S(=O)(=O)c2ccccc2[N+](=O)[O-])c1. The molecule has 0 aliphatic heterocycles. The maximum Gasteiger partial charge on any atom is 0.343 e. The van der Waals surface area contributed by atoms with Crippen LogP contribution in [0.4, 0.5) is 11.4 Å². The zero-order valence-electron chi connectivity index (χ0n) is 22.2. The number of benzene rings is 3. The molecular formula is C26H26N4O10S. The van der Waals surface area contributed by atoms with Crippen LogP contribution in [0.3, 0.4) is 0 Å². The minimum Gasteiger partial charge on any atom is -0.497 e. The summed E-state index contributed by atoms with van der Waals surface area (Å²) in [4.78, 5) is 34.3. The van der Waals surface area contributed by atoms with Crippen molar-refractivity contribution in [3.8, 4) is 17.2 Å². The van der Waals surface area contributed by atoms with Gasteiger partial charge in [-0.25, -0.2) is 18.6 Å². The molecule has 0 saturated heterocycles. The molecule has 0 saturated carbocycles. The molecule has 41 heavy (non-hydrogen) atoms. The molecule has 0 aliphatic carbocycles. The van der Waals surface area contributed by atoms with Gasteiger partial charge in [0.1, 0.15) is 23.8 Å². The second kappa shape index (κ2) is 13.7. The van der Waals surface area contributed by atoms with Crippen molar-refractivity contribution in [3.05, 3.63) is 82.4 Å². The maximum atomic E-state index is 13.7. The number of esters is 1. The van der Waals surface area contributed by atoms with Gasteiger partial charge in [-0.05, 0) is 35.9 Å². The second-order valence-corrected chi connectivity index (χ2v) is 9.84. The van der Waals surface area contributed by atoms with E-state index in [1.54, 1.807) is 24.3 Å². The lowest BCUT2D eigenvalue weighted by atomic mass is 10.2. The largest absolute Gasteiger partial charge is 0.497 e. The quantitative estimate of drug-likeness (QED) is 0.136. The summed E-state index contributed by atoms with van der Waals surface area (Å²) in [6.07, 6.45) is 1.28. The molecule has 0 bridgehead atoms. The number of hydrazone groups is 1. The summed E-state index contributed by atoms with van der Waals surface area (Å²) in [5.74, 6) is -0.699.